The van der Waals surface area contributed by atoms with Gasteiger partial charge < -0.3 is 15.8 Å². The highest BCUT2D eigenvalue weighted by atomic mass is 35.5. The summed E-state index contributed by atoms with van der Waals surface area (Å²) in [6, 6.07) is 7.91. The van der Waals surface area contributed by atoms with Gasteiger partial charge in [0.1, 0.15) is 5.75 Å². The van der Waals surface area contributed by atoms with E-state index in [0.717, 1.165) is 25.0 Å². The Morgan fingerprint density at radius 1 is 1.35 bits per heavy atom. The summed E-state index contributed by atoms with van der Waals surface area (Å²) in [5.41, 5.74) is 6.87. The number of benzene rings is 1. The minimum Gasteiger partial charge on any atom is -0.484 e. The Balaban J connectivity index is 0.00000200. The largest absolute Gasteiger partial charge is 0.484 e. The number of aryl methyl sites for hydroxylation is 1. The lowest BCUT2D eigenvalue weighted by molar-refractivity contribution is -0.124. The molecule has 0 spiro atoms. The van der Waals surface area contributed by atoms with E-state index in [1.54, 1.807) is 0 Å². The lowest BCUT2D eigenvalue weighted by Gasteiger charge is -2.19. The third-order valence-electron chi connectivity index (χ3n) is 3.70. The normalized spacial score (nSPS) is 21.1. The molecule has 1 fully saturated rings. The Morgan fingerprint density at radius 2 is 2.05 bits per heavy atom. The number of nitrogens with one attached hydrogen (secondary N) is 1. The predicted molar refractivity (Wildman–Crippen MR) is 82.2 cm³/mol. The first-order valence-electron chi connectivity index (χ1n) is 6.88. The molecule has 0 radical (unpaired) electrons. The summed E-state index contributed by atoms with van der Waals surface area (Å²) in [6.45, 7) is 2.73. The lowest BCUT2D eigenvalue weighted by atomic mass is 10.0. The van der Waals surface area contributed by atoms with Crippen molar-refractivity contribution < 1.29 is 9.53 Å². The molecular formula is C15H23ClN2O2. The maximum Gasteiger partial charge on any atom is 0.258 e. The second-order valence-corrected chi connectivity index (χ2v) is 5.20. The van der Waals surface area contributed by atoms with Crippen molar-refractivity contribution in [2.24, 2.45) is 11.7 Å². The number of halogens is 1. The van der Waals surface area contributed by atoms with Gasteiger partial charge in [0.15, 0.2) is 6.61 Å². The van der Waals surface area contributed by atoms with Crippen molar-refractivity contribution in [2.45, 2.75) is 32.2 Å². The Bertz CT molecular complexity index is 422. The molecule has 2 unspecified atom stereocenters. The zero-order valence-corrected chi connectivity index (χ0v) is 12.6. The molecule has 1 amide bonds. The smallest absolute Gasteiger partial charge is 0.258 e. The van der Waals surface area contributed by atoms with Crippen LogP contribution in [0, 0.1) is 12.8 Å². The number of amides is 1. The van der Waals surface area contributed by atoms with E-state index >= 15 is 0 Å². The first-order chi connectivity index (χ1) is 9.19. The summed E-state index contributed by atoms with van der Waals surface area (Å²) in [5.74, 6) is 1.08. The van der Waals surface area contributed by atoms with E-state index in [1.807, 2.05) is 31.2 Å². The Hall–Kier alpha value is -1.26. The predicted octanol–water partition coefficient (Wildman–Crippen LogP) is 2.04. The van der Waals surface area contributed by atoms with Gasteiger partial charge in [-0.1, -0.05) is 24.1 Å². The van der Waals surface area contributed by atoms with Crippen molar-refractivity contribution in [1.29, 1.82) is 0 Å². The first kappa shape index (κ1) is 16.8. The number of carbonyl (C=O) groups excluding carboxylic acids is 1. The molecule has 5 heteroatoms. The van der Waals surface area contributed by atoms with Gasteiger partial charge >= 0.3 is 0 Å². The highest BCUT2D eigenvalue weighted by Gasteiger charge is 2.27. The molecule has 0 aliphatic heterocycles. The van der Waals surface area contributed by atoms with Crippen LogP contribution in [0.4, 0.5) is 0 Å². The lowest BCUT2D eigenvalue weighted by Crippen LogP contribution is -2.42. The topological polar surface area (TPSA) is 64.3 Å². The van der Waals surface area contributed by atoms with E-state index in [9.17, 15) is 4.79 Å². The highest BCUT2D eigenvalue weighted by Crippen LogP contribution is 2.24. The van der Waals surface area contributed by atoms with E-state index in [-0.39, 0.29) is 31.0 Å². The first-order valence-corrected chi connectivity index (χ1v) is 6.88. The minimum atomic E-state index is -0.0640. The molecular weight excluding hydrogens is 276 g/mol. The van der Waals surface area contributed by atoms with Gasteiger partial charge in [0.2, 0.25) is 0 Å². The van der Waals surface area contributed by atoms with E-state index in [2.05, 4.69) is 5.32 Å². The molecule has 0 aromatic heterocycles. The van der Waals surface area contributed by atoms with Crippen LogP contribution in [0.1, 0.15) is 24.8 Å². The molecule has 1 aromatic rings. The fraction of sp³-hybridized carbons (Fsp3) is 0.533. The van der Waals surface area contributed by atoms with Crippen molar-refractivity contribution in [3.05, 3.63) is 29.8 Å². The quantitative estimate of drug-likeness (QED) is 0.874. The molecule has 1 saturated carbocycles. The second-order valence-electron chi connectivity index (χ2n) is 5.20. The van der Waals surface area contributed by atoms with Crippen LogP contribution in [0.2, 0.25) is 0 Å². The van der Waals surface area contributed by atoms with Crippen molar-refractivity contribution in [3.8, 4) is 5.75 Å². The molecule has 1 aliphatic rings. The summed E-state index contributed by atoms with van der Waals surface area (Å²) in [4.78, 5) is 11.8. The van der Waals surface area contributed by atoms with Crippen LogP contribution in [-0.4, -0.2) is 25.1 Å². The Kier molecular flexibility index (Phi) is 6.82. The van der Waals surface area contributed by atoms with Crippen LogP contribution < -0.4 is 15.8 Å². The van der Waals surface area contributed by atoms with Crippen molar-refractivity contribution >= 4 is 18.3 Å². The van der Waals surface area contributed by atoms with Gasteiger partial charge in [-0.15, -0.1) is 12.4 Å². The van der Waals surface area contributed by atoms with Crippen LogP contribution in [0.25, 0.3) is 0 Å². The van der Waals surface area contributed by atoms with Crippen LogP contribution in [0.15, 0.2) is 24.3 Å². The van der Waals surface area contributed by atoms with Gasteiger partial charge in [-0.25, -0.2) is 0 Å². The van der Waals surface area contributed by atoms with Gasteiger partial charge in [0.05, 0.1) is 0 Å². The molecule has 4 nitrogen and oxygen atoms in total. The number of hydrogen-bond acceptors (Lipinski definition) is 3. The molecule has 1 aliphatic carbocycles. The Labute approximate surface area is 126 Å². The number of hydrogen-bond donors (Lipinski definition) is 2. The molecule has 1 aromatic carbocycles. The van der Waals surface area contributed by atoms with E-state index < -0.39 is 0 Å². The molecule has 20 heavy (non-hydrogen) atoms. The van der Waals surface area contributed by atoms with E-state index in [0.29, 0.717) is 12.5 Å². The fourth-order valence-corrected chi connectivity index (χ4v) is 2.54. The SMILES string of the molecule is Cc1ccc(OCC(=O)NC2CCCC2CN)cc1.Cl. The van der Waals surface area contributed by atoms with Gasteiger partial charge in [-0.2, -0.15) is 0 Å². The van der Waals surface area contributed by atoms with Gasteiger partial charge in [-0.05, 0) is 44.4 Å². The fourth-order valence-electron chi connectivity index (χ4n) is 2.54. The summed E-state index contributed by atoms with van der Waals surface area (Å²) in [6.07, 6.45) is 3.28. The molecule has 3 N–H and O–H groups in total. The summed E-state index contributed by atoms with van der Waals surface area (Å²) in [5, 5.41) is 3.02. The zero-order chi connectivity index (χ0) is 13.7. The van der Waals surface area contributed by atoms with Crippen LogP contribution >= 0.6 is 12.4 Å². The minimum absolute atomic E-state index is 0. The Morgan fingerprint density at radius 3 is 2.70 bits per heavy atom. The molecule has 0 saturated heterocycles. The average Bonchev–Trinajstić information content (AvgIpc) is 2.85. The van der Waals surface area contributed by atoms with Gasteiger partial charge in [-0.3, -0.25) is 4.79 Å². The monoisotopic (exact) mass is 298 g/mol. The summed E-state index contributed by atoms with van der Waals surface area (Å²) < 4.78 is 5.46. The average molecular weight is 299 g/mol. The van der Waals surface area contributed by atoms with E-state index in [1.165, 1.54) is 5.56 Å². The molecule has 2 rings (SSSR count). The van der Waals surface area contributed by atoms with Crippen molar-refractivity contribution in [2.75, 3.05) is 13.2 Å². The second kappa shape index (κ2) is 8.12. The van der Waals surface area contributed by atoms with Crippen molar-refractivity contribution in [3.63, 3.8) is 0 Å². The van der Waals surface area contributed by atoms with Crippen LogP contribution in [0.3, 0.4) is 0 Å². The van der Waals surface area contributed by atoms with Gasteiger partial charge in [0, 0.05) is 6.04 Å². The van der Waals surface area contributed by atoms with Crippen LogP contribution in [0.5, 0.6) is 5.75 Å². The zero-order valence-electron chi connectivity index (χ0n) is 11.8. The van der Waals surface area contributed by atoms with Gasteiger partial charge in [0.25, 0.3) is 5.91 Å². The number of nitrogens with two attached hydrogens (primary N) is 1. The maximum absolute atomic E-state index is 11.8. The van der Waals surface area contributed by atoms with Crippen molar-refractivity contribution in [1.82, 2.24) is 5.32 Å². The number of ether oxygens (including phenoxy) is 1. The standard InChI is InChI=1S/C15H22N2O2.ClH/c1-11-5-7-13(8-6-11)19-10-15(18)17-14-4-2-3-12(14)9-16;/h5-8,12,14H,2-4,9-10,16H2,1H3,(H,17,18);1H. The molecule has 0 bridgehead atoms. The summed E-state index contributed by atoms with van der Waals surface area (Å²) >= 11 is 0. The molecule has 112 valence electrons. The molecule has 2 atom stereocenters. The van der Waals surface area contributed by atoms with E-state index in [4.69, 9.17) is 10.5 Å². The number of carbonyl (C=O) groups is 1. The highest BCUT2D eigenvalue weighted by molar-refractivity contribution is 5.85. The molecule has 0 heterocycles. The third kappa shape index (κ3) is 4.69. The number of rotatable bonds is 5. The van der Waals surface area contributed by atoms with Crippen LogP contribution in [-0.2, 0) is 4.79 Å². The maximum atomic E-state index is 11.8. The third-order valence-corrected chi connectivity index (χ3v) is 3.70. The summed E-state index contributed by atoms with van der Waals surface area (Å²) in [7, 11) is 0.